The first-order chi connectivity index (χ1) is 10.1. The summed E-state index contributed by atoms with van der Waals surface area (Å²) in [6.07, 6.45) is 3.62. The molecule has 21 heavy (non-hydrogen) atoms. The van der Waals surface area contributed by atoms with Crippen molar-refractivity contribution in [2.75, 3.05) is 24.3 Å². The lowest BCUT2D eigenvalue weighted by Crippen LogP contribution is -2.08. The van der Waals surface area contributed by atoms with Gasteiger partial charge in [0.05, 0.1) is 11.8 Å². The Hall–Kier alpha value is -2.56. The molecule has 108 valence electrons. The second kappa shape index (κ2) is 5.44. The topological polar surface area (TPSA) is 46.0 Å². The van der Waals surface area contributed by atoms with Gasteiger partial charge in [-0.3, -0.25) is 0 Å². The Morgan fingerprint density at radius 1 is 1.10 bits per heavy atom. The van der Waals surface area contributed by atoms with Crippen LogP contribution in [0.4, 0.5) is 11.5 Å². The Balaban J connectivity index is 1.77. The van der Waals surface area contributed by atoms with Crippen molar-refractivity contribution in [1.29, 1.82) is 0 Å². The van der Waals surface area contributed by atoms with E-state index in [1.54, 1.807) is 0 Å². The van der Waals surface area contributed by atoms with E-state index in [-0.39, 0.29) is 0 Å². The van der Waals surface area contributed by atoms with Crippen molar-refractivity contribution < 1.29 is 0 Å². The highest BCUT2D eigenvalue weighted by molar-refractivity contribution is 5.85. The van der Waals surface area contributed by atoms with E-state index in [2.05, 4.69) is 44.5 Å². The summed E-state index contributed by atoms with van der Waals surface area (Å²) in [5.74, 6) is 0.824. The lowest BCUT2D eigenvalue weighted by atomic mass is 10.2. The molecule has 0 bridgehead atoms. The summed E-state index contributed by atoms with van der Waals surface area (Å²) in [5, 5.41) is 3.37. The average Bonchev–Trinajstić information content (AvgIpc) is 2.88. The fraction of sp³-hybridized carbons (Fsp3) is 0.250. The van der Waals surface area contributed by atoms with Crippen molar-refractivity contribution in [3.05, 3.63) is 48.4 Å². The predicted octanol–water partition coefficient (Wildman–Crippen LogP) is 2.65. The molecule has 0 saturated heterocycles. The SMILES string of the molecule is CN(C)c1ccc(CNc2nccc3c2ncn3C)cc1. The molecule has 0 aliphatic carbocycles. The summed E-state index contributed by atoms with van der Waals surface area (Å²) in [6, 6.07) is 10.5. The van der Waals surface area contributed by atoms with E-state index in [0.717, 1.165) is 23.4 Å². The number of benzene rings is 1. The summed E-state index contributed by atoms with van der Waals surface area (Å²) in [6.45, 7) is 0.733. The quantitative estimate of drug-likeness (QED) is 0.798. The van der Waals surface area contributed by atoms with Gasteiger partial charge in [-0.1, -0.05) is 12.1 Å². The normalized spacial score (nSPS) is 10.8. The molecule has 0 amide bonds. The van der Waals surface area contributed by atoms with Crippen LogP contribution in [0.25, 0.3) is 11.0 Å². The summed E-state index contributed by atoms with van der Waals surface area (Å²) < 4.78 is 1.99. The van der Waals surface area contributed by atoms with Gasteiger partial charge in [0.2, 0.25) is 0 Å². The number of hydrogen-bond donors (Lipinski definition) is 1. The fourth-order valence-electron chi connectivity index (χ4n) is 2.29. The van der Waals surface area contributed by atoms with E-state index >= 15 is 0 Å². The lowest BCUT2D eigenvalue weighted by molar-refractivity contribution is 0.947. The summed E-state index contributed by atoms with van der Waals surface area (Å²) in [7, 11) is 6.07. The average molecular weight is 281 g/mol. The molecule has 0 fully saturated rings. The smallest absolute Gasteiger partial charge is 0.154 e. The maximum Gasteiger partial charge on any atom is 0.154 e. The van der Waals surface area contributed by atoms with Crippen molar-refractivity contribution in [3.63, 3.8) is 0 Å². The van der Waals surface area contributed by atoms with Crippen LogP contribution in [0.3, 0.4) is 0 Å². The largest absolute Gasteiger partial charge is 0.378 e. The van der Waals surface area contributed by atoms with Crippen molar-refractivity contribution >= 4 is 22.5 Å². The van der Waals surface area contributed by atoms with Crippen LogP contribution in [0, 0.1) is 0 Å². The minimum atomic E-state index is 0.733. The van der Waals surface area contributed by atoms with E-state index in [1.165, 1.54) is 11.3 Å². The molecule has 1 N–H and O–H groups in total. The predicted molar refractivity (Wildman–Crippen MR) is 86.6 cm³/mol. The van der Waals surface area contributed by atoms with Crippen LogP contribution in [0.5, 0.6) is 0 Å². The van der Waals surface area contributed by atoms with Gasteiger partial charge in [0, 0.05) is 39.6 Å². The summed E-state index contributed by atoms with van der Waals surface area (Å²) in [4.78, 5) is 10.9. The van der Waals surface area contributed by atoms with Gasteiger partial charge in [-0.15, -0.1) is 0 Å². The second-order valence-corrected chi connectivity index (χ2v) is 5.30. The number of hydrogen-bond acceptors (Lipinski definition) is 4. The Labute approximate surface area is 124 Å². The van der Waals surface area contributed by atoms with Crippen molar-refractivity contribution in [1.82, 2.24) is 14.5 Å². The first-order valence-electron chi connectivity index (χ1n) is 6.91. The minimum Gasteiger partial charge on any atom is -0.378 e. The first-order valence-corrected chi connectivity index (χ1v) is 6.91. The summed E-state index contributed by atoms with van der Waals surface area (Å²) >= 11 is 0. The number of aryl methyl sites for hydroxylation is 1. The standard InChI is InChI=1S/C16H19N5/c1-20(2)13-6-4-12(5-7-13)10-18-16-15-14(8-9-17-16)21(3)11-19-15/h4-9,11H,10H2,1-3H3,(H,17,18). The molecular formula is C16H19N5. The number of aromatic nitrogens is 3. The number of pyridine rings is 1. The van der Waals surface area contributed by atoms with Gasteiger partial charge in [-0.05, 0) is 23.8 Å². The van der Waals surface area contributed by atoms with E-state index in [4.69, 9.17) is 0 Å². The molecule has 0 unspecified atom stereocenters. The van der Waals surface area contributed by atoms with Crippen LogP contribution < -0.4 is 10.2 Å². The molecule has 5 heteroatoms. The third-order valence-electron chi connectivity index (χ3n) is 3.56. The number of nitrogens with one attached hydrogen (secondary N) is 1. The van der Waals surface area contributed by atoms with Crippen LogP contribution in [0.15, 0.2) is 42.9 Å². The molecule has 2 heterocycles. The molecule has 0 saturated carbocycles. The van der Waals surface area contributed by atoms with Crippen molar-refractivity contribution in [2.24, 2.45) is 7.05 Å². The van der Waals surface area contributed by atoms with Gasteiger partial charge in [0.25, 0.3) is 0 Å². The van der Waals surface area contributed by atoms with Crippen molar-refractivity contribution in [3.8, 4) is 0 Å². The highest BCUT2D eigenvalue weighted by atomic mass is 15.1. The molecule has 0 aliphatic heterocycles. The highest BCUT2D eigenvalue weighted by Crippen LogP contribution is 2.19. The maximum absolute atomic E-state index is 4.40. The van der Waals surface area contributed by atoms with Crippen LogP contribution in [0.2, 0.25) is 0 Å². The number of rotatable bonds is 4. The van der Waals surface area contributed by atoms with E-state index in [1.807, 2.05) is 44.3 Å². The zero-order valence-corrected chi connectivity index (χ0v) is 12.5. The summed E-state index contributed by atoms with van der Waals surface area (Å²) in [5.41, 5.74) is 4.40. The Morgan fingerprint density at radius 2 is 1.86 bits per heavy atom. The van der Waals surface area contributed by atoms with E-state index < -0.39 is 0 Å². The van der Waals surface area contributed by atoms with Gasteiger partial charge >= 0.3 is 0 Å². The first kappa shape index (κ1) is 13.4. The van der Waals surface area contributed by atoms with Crippen LogP contribution in [-0.2, 0) is 13.6 Å². The molecule has 0 radical (unpaired) electrons. The number of imidazole rings is 1. The fourth-order valence-corrected chi connectivity index (χ4v) is 2.29. The number of fused-ring (bicyclic) bond motifs is 1. The van der Waals surface area contributed by atoms with Gasteiger partial charge in [-0.25, -0.2) is 9.97 Å². The molecular weight excluding hydrogens is 262 g/mol. The Kier molecular flexibility index (Phi) is 3.48. The maximum atomic E-state index is 4.40. The van der Waals surface area contributed by atoms with Crippen LogP contribution >= 0.6 is 0 Å². The van der Waals surface area contributed by atoms with Crippen LogP contribution in [0.1, 0.15) is 5.56 Å². The Morgan fingerprint density at radius 3 is 2.57 bits per heavy atom. The molecule has 0 atom stereocenters. The molecule has 3 rings (SSSR count). The minimum absolute atomic E-state index is 0.733. The van der Waals surface area contributed by atoms with Gasteiger partial charge in [-0.2, -0.15) is 0 Å². The molecule has 1 aromatic carbocycles. The third kappa shape index (κ3) is 2.67. The number of anilines is 2. The molecule has 2 aromatic heterocycles. The highest BCUT2D eigenvalue weighted by Gasteiger charge is 2.06. The van der Waals surface area contributed by atoms with Crippen LogP contribution in [-0.4, -0.2) is 28.6 Å². The lowest BCUT2D eigenvalue weighted by Gasteiger charge is -2.13. The van der Waals surface area contributed by atoms with Gasteiger partial charge in [0.1, 0.15) is 5.52 Å². The molecule has 0 aliphatic rings. The third-order valence-corrected chi connectivity index (χ3v) is 3.56. The van der Waals surface area contributed by atoms with E-state index in [9.17, 15) is 0 Å². The van der Waals surface area contributed by atoms with Gasteiger partial charge in [0.15, 0.2) is 5.82 Å². The van der Waals surface area contributed by atoms with Gasteiger partial charge < -0.3 is 14.8 Å². The monoisotopic (exact) mass is 281 g/mol. The molecule has 5 nitrogen and oxygen atoms in total. The van der Waals surface area contributed by atoms with Crippen molar-refractivity contribution in [2.45, 2.75) is 6.54 Å². The zero-order valence-electron chi connectivity index (χ0n) is 12.5. The molecule has 3 aromatic rings. The zero-order chi connectivity index (χ0) is 14.8. The molecule has 0 spiro atoms. The second-order valence-electron chi connectivity index (χ2n) is 5.30. The van der Waals surface area contributed by atoms with E-state index in [0.29, 0.717) is 0 Å². The Bertz CT molecular complexity index is 743. The number of nitrogens with zero attached hydrogens (tertiary/aromatic N) is 4.